The van der Waals surface area contributed by atoms with Gasteiger partial charge in [-0.2, -0.15) is 15.0 Å². The van der Waals surface area contributed by atoms with Crippen molar-refractivity contribution in [2.75, 3.05) is 36.5 Å². The highest BCUT2D eigenvalue weighted by atomic mass is 35.5. The summed E-state index contributed by atoms with van der Waals surface area (Å²) in [7, 11) is 0. The quantitative estimate of drug-likeness (QED) is 0.870. The Labute approximate surface area is 124 Å². The van der Waals surface area contributed by atoms with E-state index >= 15 is 0 Å². The van der Waals surface area contributed by atoms with Crippen LogP contribution in [0, 0.1) is 0 Å². The van der Waals surface area contributed by atoms with Crippen molar-refractivity contribution in [1.82, 2.24) is 15.0 Å². The average molecular weight is 300 g/mol. The molecule has 1 aliphatic heterocycles. The maximum Gasteiger partial charge on any atom is 0.231 e. The zero-order valence-electron chi connectivity index (χ0n) is 12.1. The first kappa shape index (κ1) is 15.3. The van der Waals surface area contributed by atoms with Crippen LogP contribution >= 0.6 is 11.6 Å². The van der Waals surface area contributed by atoms with Crippen molar-refractivity contribution in [3.05, 3.63) is 5.28 Å². The Kier molecular flexibility index (Phi) is 5.79. The molecular formula is C13H22ClN5O. The van der Waals surface area contributed by atoms with E-state index in [1.54, 1.807) is 0 Å². The summed E-state index contributed by atoms with van der Waals surface area (Å²) in [6.07, 6.45) is 3.68. The molecule has 112 valence electrons. The second kappa shape index (κ2) is 7.59. The van der Waals surface area contributed by atoms with Crippen LogP contribution in [0.2, 0.25) is 5.28 Å². The number of hydrogen-bond donors (Lipinski definition) is 1. The van der Waals surface area contributed by atoms with Gasteiger partial charge in [0.25, 0.3) is 0 Å². The predicted octanol–water partition coefficient (Wildman–Crippen LogP) is 2.35. The van der Waals surface area contributed by atoms with Gasteiger partial charge < -0.3 is 15.0 Å². The molecule has 7 heteroatoms. The van der Waals surface area contributed by atoms with Crippen LogP contribution < -0.4 is 10.2 Å². The van der Waals surface area contributed by atoms with Crippen LogP contribution in [-0.4, -0.2) is 47.3 Å². The lowest BCUT2D eigenvalue weighted by Gasteiger charge is -2.23. The Balaban J connectivity index is 1.99. The Morgan fingerprint density at radius 2 is 2.05 bits per heavy atom. The second-order valence-electron chi connectivity index (χ2n) is 4.77. The summed E-state index contributed by atoms with van der Waals surface area (Å²) in [4.78, 5) is 14.7. The monoisotopic (exact) mass is 299 g/mol. The predicted molar refractivity (Wildman–Crippen MR) is 80.5 cm³/mol. The number of halogens is 1. The number of aromatic nitrogens is 3. The van der Waals surface area contributed by atoms with E-state index in [9.17, 15) is 0 Å². The molecule has 0 aromatic carbocycles. The summed E-state index contributed by atoms with van der Waals surface area (Å²) < 4.78 is 5.67. The van der Waals surface area contributed by atoms with Gasteiger partial charge in [0, 0.05) is 26.2 Å². The topological polar surface area (TPSA) is 63.2 Å². The fraction of sp³-hybridized carbons (Fsp3) is 0.769. The lowest BCUT2D eigenvalue weighted by atomic mass is 10.1. The van der Waals surface area contributed by atoms with Crippen molar-refractivity contribution in [2.45, 2.75) is 39.2 Å². The fourth-order valence-electron chi connectivity index (χ4n) is 2.24. The number of nitrogens with zero attached hydrogens (tertiary/aromatic N) is 4. The Bertz CT molecular complexity index is 421. The SMILES string of the molecule is CCN(CC)c1nc(Cl)nc(NCC2CCCCO2)n1. The average Bonchev–Trinajstić information content (AvgIpc) is 2.47. The molecule has 1 saturated heterocycles. The number of anilines is 2. The van der Waals surface area contributed by atoms with E-state index in [1.807, 2.05) is 4.90 Å². The number of hydrogen-bond acceptors (Lipinski definition) is 6. The molecule has 1 aliphatic rings. The van der Waals surface area contributed by atoms with Crippen LogP contribution in [0.1, 0.15) is 33.1 Å². The van der Waals surface area contributed by atoms with Gasteiger partial charge in [-0.25, -0.2) is 0 Å². The van der Waals surface area contributed by atoms with Crippen molar-refractivity contribution in [3.8, 4) is 0 Å². The zero-order valence-corrected chi connectivity index (χ0v) is 12.9. The molecule has 6 nitrogen and oxygen atoms in total. The second-order valence-corrected chi connectivity index (χ2v) is 5.11. The normalized spacial score (nSPS) is 18.9. The van der Waals surface area contributed by atoms with E-state index in [0.717, 1.165) is 32.5 Å². The smallest absolute Gasteiger partial charge is 0.231 e. The van der Waals surface area contributed by atoms with E-state index < -0.39 is 0 Å². The lowest BCUT2D eigenvalue weighted by molar-refractivity contribution is 0.0246. The van der Waals surface area contributed by atoms with E-state index in [4.69, 9.17) is 16.3 Å². The fourth-order valence-corrected chi connectivity index (χ4v) is 2.40. The van der Waals surface area contributed by atoms with Crippen molar-refractivity contribution in [2.24, 2.45) is 0 Å². The van der Waals surface area contributed by atoms with E-state index in [0.29, 0.717) is 18.4 Å². The molecule has 2 rings (SSSR count). The molecule has 1 unspecified atom stereocenters. The van der Waals surface area contributed by atoms with Gasteiger partial charge in [-0.15, -0.1) is 0 Å². The lowest BCUT2D eigenvalue weighted by Crippen LogP contribution is -2.28. The number of ether oxygens (including phenoxy) is 1. The summed E-state index contributed by atoms with van der Waals surface area (Å²) in [6, 6.07) is 0. The Morgan fingerprint density at radius 3 is 2.70 bits per heavy atom. The third-order valence-electron chi connectivity index (χ3n) is 3.40. The van der Waals surface area contributed by atoms with Crippen LogP contribution in [0.25, 0.3) is 0 Å². The Hall–Kier alpha value is -1.14. The van der Waals surface area contributed by atoms with Gasteiger partial charge in [-0.05, 0) is 44.7 Å². The van der Waals surface area contributed by atoms with Gasteiger partial charge in [0.15, 0.2) is 0 Å². The first-order valence-corrected chi connectivity index (χ1v) is 7.62. The number of rotatable bonds is 6. The van der Waals surface area contributed by atoms with Crippen molar-refractivity contribution in [3.63, 3.8) is 0 Å². The molecule has 1 atom stereocenters. The van der Waals surface area contributed by atoms with E-state index in [-0.39, 0.29) is 11.4 Å². The highest BCUT2D eigenvalue weighted by molar-refractivity contribution is 6.28. The first-order valence-electron chi connectivity index (χ1n) is 7.25. The molecule has 20 heavy (non-hydrogen) atoms. The van der Waals surface area contributed by atoms with E-state index in [1.165, 1.54) is 6.42 Å². The van der Waals surface area contributed by atoms with Gasteiger partial charge in [-0.1, -0.05) is 0 Å². The van der Waals surface area contributed by atoms with Crippen LogP contribution in [-0.2, 0) is 4.74 Å². The van der Waals surface area contributed by atoms with Gasteiger partial charge in [0.1, 0.15) is 0 Å². The maximum atomic E-state index is 5.97. The van der Waals surface area contributed by atoms with Gasteiger partial charge >= 0.3 is 0 Å². The molecule has 0 bridgehead atoms. The maximum absolute atomic E-state index is 5.97. The molecule has 2 heterocycles. The van der Waals surface area contributed by atoms with Crippen molar-refractivity contribution < 1.29 is 4.74 Å². The van der Waals surface area contributed by atoms with Crippen LogP contribution in [0.3, 0.4) is 0 Å². The summed E-state index contributed by atoms with van der Waals surface area (Å²) in [5, 5.41) is 3.42. The number of nitrogens with one attached hydrogen (secondary N) is 1. The first-order chi connectivity index (χ1) is 9.72. The minimum Gasteiger partial charge on any atom is -0.376 e. The van der Waals surface area contributed by atoms with Gasteiger partial charge in [-0.3, -0.25) is 0 Å². The van der Waals surface area contributed by atoms with Crippen LogP contribution in [0.4, 0.5) is 11.9 Å². The third kappa shape index (κ3) is 4.18. The summed E-state index contributed by atoms with van der Waals surface area (Å²) >= 11 is 5.97. The molecule has 0 radical (unpaired) electrons. The summed E-state index contributed by atoms with van der Waals surface area (Å²) in [5.41, 5.74) is 0. The molecule has 0 aliphatic carbocycles. The molecule has 1 aromatic rings. The summed E-state index contributed by atoms with van der Waals surface area (Å²) in [5.74, 6) is 1.13. The molecule has 0 amide bonds. The standard InChI is InChI=1S/C13H22ClN5O/c1-3-19(4-2)13-17-11(14)16-12(18-13)15-9-10-7-5-6-8-20-10/h10H,3-9H2,1-2H3,(H,15,16,17,18). The van der Waals surface area contributed by atoms with Crippen LogP contribution in [0.15, 0.2) is 0 Å². The molecule has 0 spiro atoms. The summed E-state index contributed by atoms with van der Waals surface area (Å²) in [6.45, 7) is 7.34. The third-order valence-corrected chi connectivity index (χ3v) is 3.57. The zero-order chi connectivity index (χ0) is 14.4. The highest BCUT2D eigenvalue weighted by Crippen LogP contribution is 2.16. The Morgan fingerprint density at radius 1 is 1.25 bits per heavy atom. The van der Waals surface area contributed by atoms with Crippen molar-refractivity contribution in [1.29, 1.82) is 0 Å². The minimum absolute atomic E-state index is 0.217. The van der Waals surface area contributed by atoms with Gasteiger partial charge in [0.2, 0.25) is 17.2 Å². The molecular weight excluding hydrogens is 278 g/mol. The van der Waals surface area contributed by atoms with Gasteiger partial charge in [0.05, 0.1) is 6.10 Å². The van der Waals surface area contributed by atoms with Crippen LogP contribution in [0.5, 0.6) is 0 Å². The molecule has 1 aromatic heterocycles. The molecule has 1 N–H and O–H groups in total. The van der Waals surface area contributed by atoms with E-state index in [2.05, 4.69) is 34.1 Å². The highest BCUT2D eigenvalue weighted by Gasteiger charge is 2.15. The molecule has 0 saturated carbocycles. The molecule has 1 fully saturated rings. The minimum atomic E-state index is 0.217. The largest absolute Gasteiger partial charge is 0.376 e. The van der Waals surface area contributed by atoms with Crippen molar-refractivity contribution >= 4 is 23.5 Å².